The molecule has 0 unspecified atom stereocenters. The molecule has 0 saturated carbocycles. The summed E-state index contributed by atoms with van der Waals surface area (Å²) in [7, 11) is 1.57. The zero-order valence-corrected chi connectivity index (χ0v) is 15.9. The Labute approximate surface area is 167 Å². The van der Waals surface area contributed by atoms with Gasteiger partial charge in [-0.05, 0) is 36.4 Å². The number of aromatic hydroxyl groups is 1. The van der Waals surface area contributed by atoms with Crippen LogP contribution < -0.4 is 0 Å². The highest BCUT2D eigenvalue weighted by molar-refractivity contribution is 8.26. The van der Waals surface area contributed by atoms with E-state index < -0.39 is 11.7 Å². The van der Waals surface area contributed by atoms with Gasteiger partial charge >= 0.3 is 6.18 Å². The molecule has 0 bridgehead atoms. The quantitative estimate of drug-likeness (QED) is 0.393. The van der Waals surface area contributed by atoms with Crippen molar-refractivity contribution in [3.63, 3.8) is 0 Å². The Morgan fingerprint density at radius 3 is 2.39 bits per heavy atom. The summed E-state index contributed by atoms with van der Waals surface area (Å²) in [5, 5.41) is 17.8. The highest BCUT2D eigenvalue weighted by Crippen LogP contribution is 2.35. The van der Waals surface area contributed by atoms with E-state index in [1.807, 2.05) is 0 Å². The van der Waals surface area contributed by atoms with Gasteiger partial charge in [-0.2, -0.15) is 23.4 Å². The Kier molecular flexibility index (Phi) is 5.52. The zero-order valence-electron chi connectivity index (χ0n) is 14.3. The highest BCUT2D eigenvalue weighted by Gasteiger charge is 2.30. The Balaban J connectivity index is 1.81. The molecule has 1 fully saturated rings. The lowest BCUT2D eigenvalue weighted by Crippen LogP contribution is -2.22. The number of hydrogen-bond acceptors (Lipinski definition) is 6. The molecule has 0 atom stereocenters. The number of likely N-dealkylation sites (N-methyl/N-ethyl adjacent to an activating group) is 1. The van der Waals surface area contributed by atoms with Crippen LogP contribution in [0, 0.1) is 0 Å². The molecule has 5 nitrogen and oxygen atoms in total. The van der Waals surface area contributed by atoms with E-state index in [0.29, 0.717) is 14.8 Å². The minimum absolute atomic E-state index is 0.0324. The maximum atomic E-state index is 12.7. The van der Waals surface area contributed by atoms with Crippen molar-refractivity contribution in [2.75, 3.05) is 7.05 Å². The monoisotopic (exact) mass is 423 g/mol. The summed E-state index contributed by atoms with van der Waals surface area (Å²) in [6.45, 7) is 0. The molecule has 144 valence electrons. The summed E-state index contributed by atoms with van der Waals surface area (Å²) in [6, 6.07) is 8.80. The van der Waals surface area contributed by atoms with Crippen molar-refractivity contribution < 1.29 is 23.1 Å². The number of hydrogen-bond donors (Lipinski definition) is 1. The Hall–Kier alpha value is -2.72. The lowest BCUT2D eigenvalue weighted by atomic mass is 10.1. The van der Waals surface area contributed by atoms with Gasteiger partial charge in [-0.15, -0.1) is 0 Å². The molecule has 28 heavy (non-hydrogen) atoms. The summed E-state index contributed by atoms with van der Waals surface area (Å²) >= 11 is 6.17. The van der Waals surface area contributed by atoms with Crippen LogP contribution in [0.25, 0.3) is 6.08 Å². The number of rotatable bonds is 3. The van der Waals surface area contributed by atoms with Gasteiger partial charge in [0.05, 0.1) is 21.8 Å². The van der Waals surface area contributed by atoms with Crippen LogP contribution in [0.5, 0.6) is 5.75 Å². The van der Waals surface area contributed by atoms with Crippen LogP contribution in [0.3, 0.4) is 0 Å². The number of alkyl halides is 3. The third-order valence-corrected chi connectivity index (χ3v) is 5.23. The molecule has 2 aromatic rings. The van der Waals surface area contributed by atoms with Gasteiger partial charge in [-0.3, -0.25) is 9.69 Å². The summed E-state index contributed by atoms with van der Waals surface area (Å²) in [5.41, 5.74) is -0.164. The first-order valence-corrected chi connectivity index (χ1v) is 9.01. The average Bonchev–Trinajstić information content (AvgIpc) is 2.88. The summed E-state index contributed by atoms with van der Waals surface area (Å²) in [5.74, 6) is -0.412. The SMILES string of the molecule is CN1C(=O)C(=Cc2ccc(N=Nc3cccc(C(F)(F)F)c3)cc2O)SC1=S. The van der Waals surface area contributed by atoms with E-state index in [1.165, 1.54) is 41.3 Å². The first-order chi connectivity index (χ1) is 13.1. The minimum Gasteiger partial charge on any atom is -0.507 e. The maximum Gasteiger partial charge on any atom is 0.416 e. The van der Waals surface area contributed by atoms with Gasteiger partial charge in [0.2, 0.25) is 0 Å². The second-order valence-electron chi connectivity index (χ2n) is 5.73. The number of benzene rings is 2. The molecule has 10 heteroatoms. The highest BCUT2D eigenvalue weighted by atomic mass is 32.2. The fourth-order valence-electron chi connectivity index (χ4n) is 2.26. The number of azo groups is 1. The Morgan fingerprint density at radius 1 is 1.14 bits per heavy atom. The number of phenols is 1. The predicted molar refractivity (Wildman–Crippen MR) is 105 cm³/mol. The topological polar surface area (TPSA) is 65.3 Å². The van der Waals surface area contributed by atoms with Crippen molar-refractivity contribution in [2.45, 2.75) is 6.18 Å². The average molecular weight is 423 g/mol. The molecule has 1 N–H and O–H groups in total. The number of nitrogens with zero attached hydrogens (tertiary/aromatic N) is 3. The fraction of sp³-hybridized carbons (Fsp3) is 0.111. The fourth-order valence-corrected chi connectivity index (χ4v) is 3.43. The third-order valence-electron chi connectivity index (χ3n) is 3.74. The largest absolute Gasteiger partial charge is 0.507 e. The molecule has 3 rings (SSSR count). The number of carbonyl (C=O) groups excluding carboxylic acids is 1. The smallest absolute Gasteiger partial charge is 0.416 e. The van der Waals surface area contributed by atoms with E-state index in [9.17, 15) is 23.1 Å². The Morgan fingerprint density at radius 2 is 1.82 bits per heavy atom. The standard InChI is InChI=1S/C18H12F3N3O2S2/c1-24-16(26)15(28-17(24)27)7-10-5-6-13(9-14(10)25)23-22-12-4-2-3-11(8-12)18(19,20)21/h2-9,25H,1H3. The molecular weight excluding hydrogens is 411 g/mol. The number of carbonyl (C=O) groups is 1. The molecule has 0 spiro atoms. The molecule has 2 aromatic carbocycles. The number of thioether (sulfide) groups is 1. The molecule has 0 aliphatic carbocycles. The van der Waals surface area contributed by atoms with E-state index >= 15 is 0 Å². The van der Waals surface area contributed by atoms with Crippen LogP contribution in [-0.4, -0.2) is 27.3 Å². The molecule has 0 radical (unpaired) electrons. The van der Waals surface area contributed by atoms with E-state index in [4.69, 9.17) is 12.2 Å². The van der Waals surface area contributed by atoms with Crippen LogP contribution in [-0.2, 0) is 11.0 Å². The molecular formula is C18H12F3N3O2S2. The van der Waals surface area contributed by atoms with E-state index in [1.54, 1.807) is 7.05 Å². The van der Waals surface area contributed by atoms with Crippen LogP contribution in [0.4, 0.5) is 24.5 Å². The van der Waals surface area contributed by atoms with Gasteiger partial charge in [0.15, 0.2) is 0 Å². The summed E-state index contributed by atoms with van der Waals surface area (Å²) in [4.78, 5) is 13.7. The van der Waals surface area contributed by atoms with Crippen LogP contribution >= 0.6 is 24.0 Å². The van der Waals surface area contributed by atoms with Gasteiger partial charge in [-0.25, -0.2) is 0 Å². The molecule has 1 heterocycles. The molecule has 1 aliphatic heterocycles. The number of halogens is 3. The lowest BCUT2D eigenvalue weighted by Gasteiger charge is -2.06. The van der Waals surface area contributed by atoms with Crippen molar-refractivity contribution in [3.05, 3.63) is 58.5 Å². The second-order valence-corrected chi connectivity index (χ2v) is 7.41. The maximum absolute atomic E-state index is 12.7. The van der Waals surface area contributed by atoms with Gasteiger partial charge in [0, 0.05) is 18.7 Å². The zero-order chi connectivity index (χ0) is 20.5. The van der Waals surface area contributed by atoms with Crippen molar-refractivity contribution in [2.24, 2.45) is 10.2 Å². The number of thiocarbonyl (C=S) groups is 1. The van der Waals surface area contributed by atoms with Crippen molar-refractivity contribution in [1.29, 1.82) is 0 Å². The van der Waals surface area contributed by atoms with Crippen LogP contribution in [0.15, 0.2) is 57.6 Å². The third kappa shape index (κ3) is 4.39. The van der Waals surface area contributed by atoms with Crippen LogP contribution in [0.2, 0.25) is 0 Å². The van der Waals surface area contributed by atoms with Crippen molar-refractivity contribution >= 4 is 51.7 Å². The Bertz CT molecular complexity index is 1020. The lowest BCUT2D eigenvalue weighted by molar-refractivity contribution is -0.137. The second kappa shape index (κ2) is 7.72. The summed E-state index contributed by atoms with van der Waals surface area (Å²) in [6.07, 6.45) is -2.96. The predicted octanol–water partition coefficient (Wildman–Crippen LogP) is 5.66. The molecule has 1 amide bonds. The van der Waals surface area contributed by atoms with E-state index in [0.717, 1.165) is 23.9 Å². The molecule has 1 saturated heterocycles. The van der Waals surface area contributed by atoms with E-state index in [-0.39, 0.29) is 23.0 Å². The molecule has 1 aliphatic rings. The summed E-state index contributed by atoms with van der Waals surface area (Å²) < 4.78 is 38.6. The minimum atomic E-state index is -4.47. The van der Waals surface area contributed by atoms with E-state index in [2.05, 4.69) is 10.2 Å². The molecule has 0 aromatic heterocycles. The van der Waals surface area contributed by atoms with Crippen molar-refractivity contribution in [3.8, 4) is 5.75 Å². The van der Waals surface area contributed by atoms with Gasteiger partial charge in [0.1, 0.15) is 10.1 Å². The van der Waals surface area contributed by atoms with Crippen molar-refractivity contribution in [1.82, 2.24) is 4.90 Å². The first-order valence-electron chi connectivity index (χ1n) is 7.79. The van der Waals surface area contributed by atoms with Gasteiger partial charge in [0.25, 0.3) is 5.91 Å². The van der Waals surface area contributed by atoms with Crippen LogP contribution in [0.1, 0.15) is 11.1 Å². The van der Waals surface area contributed by atoms with Gasteiger partial charge < -0.3 is 5.11 Å². The normalized spacial score (nSPS) is 16.6. The first kappa shape index (κ1) is 20.0. The number of phenolic OH excluding ortho intramolecular Hbond substituents is 1. The van der Waals surface area contributed by atoms with Gasteiger partial charge in [-0.1, -0.05) is 30.0 Å². The number of amides is 1.